The molecule has 7 nitrogen and oxygen atoms in total. The van der Waals surface area contributed by atoms with Crippen LogP contribution in [0.15, 0.2) is 72.4 Å². The first-order valence-corrected chi connectivity index (χ1v) is 15.4. The largest absolute Gasteiger partial charge is 0.361 e. The van der Waals surface area contributed by atoms with E-state index in [9.17, 15) is 14.9 Å². The van der Waals surface area contributed by atoms with Crippen molar-refractivity contribution in [2.75, 3.05) is 11.9 Å². The average molecular weight is 588 g/mol. The smallest absolute Gasteiger partial charge is 0.261 e. The van der Waals surface area contributed by atoms with Gasteiger partial charge < -0.3 is 20.2 Å². The maximum Gasteiger partial charge on any atom is 0.261 e. The van der Waals surface area contributed by atoms with Crippen molar-refractivity contribution in [3.05, 3.63) is 111 Å². The van der Waals surface area contributed by atoms with Crippen LogP contribution in [-0.4, -0.2) is 27.9 Å². The Labute approximate surface area is 254 Å². The number of H-pyrrole nitrogens is 1. The minimum atomic E-state index is -0.401. The highest BCUT2D eigenvalue weighted by molar-refractivity contribution is 7.15. The van der Waals surface area contributed by atoms with Gasteiger partial charge in [0.2, 0.25) is 0 Å². The Balaban J connectivity index is 1.26. The number of amides is 2. The van der Waals surface area contributed by atoms with E-state index in [1.807, 2.05) is 74.6 Å². The minimum Gasteiger partial charge on any atom is -0.361 e. The van der Waals surface area contributed by atoms with E-state index < -0.39 is 5.91 Å². The van der Waals surface area contributed by atoms with E-state index in [0.29, 0.717) is 13.0 Å². The molecule has 8 heteroatoms. The molecule has 3 heterocycles. The summed E-state index contributed by atoms with van der Waals surface area (Å²) in [7, 11) is 0. The molecule has 0 saturated carbocycles. The van der Waals surface area contributed by atoms with Gasteiger partial charge in [0.05, 0.1) is 5.56 Å². The van der Waals surface area contributed by atoms with Gasteiger partial charge in [-0.25, -0.2) is 0 Å². The quantitative estimate of drug-likeness (QED) is 0.134. The van der Waals surface area contributed by atoms with Crippen LogP contribution in [0.2, 0.25) is 0 Å². The maximum atomic E-state index is 13.7. The molecule has 43 heavy (non-hydrogen) atoms. The van der Waals surface area contributed by atoms with Crippen LogP contribution < -0.4 is 10.6 Å². The first-order valence-electron chi connectivity index (χ1n) is 14.6. The number of nitrogens with zero attached hydrogens (tertiary/aromatic N) is 2. The van der Waals surface area contributed by atoms with Gasteiger partial charge in [-0.1, -0.05) is 36.4 Å². The Kier molecular flexibility index (Phi) is 7.99. The van der Waals surface area contributed by atoms with Gasteiger partial charge in [0, 0.05) is 45.6 Å². The minimum absolute atomic E-state index is 0.0479. The lowest BCUT2D eigenvalue weighted by Gasteiger charge is -2.14. The summed E-state index contributed by atoms with van der Waals surface area (Å²) in [6, 6.07) is 21.6. The lowest BCUT2D eigenvalue weighted by molar-refractivity contribution is -0.117. The van der Waals surface area contributed by atoms with Crippen LogP contribution in [0.4, 0.5) is 5.69 Å². The summed E-state index contributed by atoms with van der Waals surface area (Å²) in [6.45, 7) is 4.38. The Hall–Kier alpha value is -4.87. The van der Waals surface area contributed by atoms with Crippen molar-refractivity contribution in [3.63, 3.8) is 0 Å². The standard InChI is InChI=1S/C35H33N5O2S/c1-22-18-25(19-26(20-36)33(41)37-17-16-24-21-38-30-14-8-6-12-28(24)30)23(2)40(22)35-32(29-13-7-9-15-31(29)43-35)34(42)39-27-10-4-3-5-11-27/h3-6,8,10-12,14,18-19,21,38H,7,9,13,15-17H2,1-2H3,(H,37,41)(H,39,42)/b26-19-. The van der Waals surface area contributed by atoms with Gasteiger partial charge in [0.25, 0.3) is 11.8 Å². The number of aromatic amines is 1. The number of carbonyl (C=O) groups excluding carboxylic acids is 2. The van der Waals surface area contributed by atoms with Gasteiger partial charge >= 0.3 is 0 Å². The third-order valence-corrected chi connectivity index (χ3v) is 9.38. The molecule has 0 spiro atoms. The maximum absolute atomic E-state index is 13.7. The summed E-state index contributed by atoms with van der Waals surface area (Å²) in [5.74, 6) is -0.515. The second-order valence-corrected chi connectivity index (χ2v) is 12.0. The number of thiophene rings is 1. The van der Waals surface area contributed by atoms with Crippen LogP contribution in [0.5, 0.6) is 0 Å². The van der Waals surface area contributed by atoms with Gasteiger partial charge in [-0.15, -0.1) is 11.3 Å². The number of benzene rings is 2. The molecular formula is C35H33N5O2S. The van der Waals surface area contributed by atoms with Crippen molar-refractivity contribution in [3.8, 4) is 11.1 Å². The SMILES string of the molecule is Cc1cc(/C=C(/C#N)C(=O)NCCc2c[nH]c3ccccc23)c(C)n1-c1sc2c(c1C(=O)Nc1ccccc1)CCCC2. The number of hydrogen-bond acceptors (Lipinski definition) is 4. The zero-order chi connectivity index (χ0) is 29.9. The van der Waals surface area contributed by atoms with Gasteiger partial charge in [-0.3, -0.25) is 9.59 Å². The second-order valence-electron chi connectivity index (χ2n) is 10.9. The Morgan fingerprint density at radius 2 is 1.84 bits per heavy atom. The topological polar surface area (TPSA) is 103 Å². The van der Waals surface area contributed by atoms with Crippen molar-refractivity contribution in [2.24, 2.45) is 0 Å². The molecule has 2 amide bonds. The molecule has 216 valence electrons. The first-order chi connectivity index (χ1) is 20.9. The number of nitriles is 1. The number of para-hydroxylation sites is 2. The van der Waals surface area contributed by atoms with E-state index in [1.165, 1.54) is 4.88 Å². The molecule has 0 unspecified atom stereocenters. The van der Waals surface area contributed by atoms with E-state index in [-0.39, 0.29) is 11.5 Å². The number of fused-ring (bicyclic) bond motifs is 2. The fourth-order valence-electron chi connectivity index (χ4n) is 5.95. The highest BCUT2D eigenvalue weighted by Gasteiger charge is 2.28. The van der Waals surface area contributed by atoms with Crippen molar-refractivity contribution in [1.82, 2.24) is 14.9 Å². The van der Waals surface area contributed by atoms with Crippen LogP contribution in [0.3, 0.4) is 0 Å². The molecule has 1 aliphatic rings. The number of aryl methyl sites for hydroxylation is 2. The van der Waals surface area contributed by atoms with Gasteiger partial charge in [-0.05, 0) is 93.0 Å². The Bertz CT molecular complexity index is 1900. The van der Waals surface area contributed by atoms with Crippen molar-refractivity contribution in [1.29, 1.82) is 5.26 Å². The zero-order valence-electron chi connectivity index (χ0n) is 24.3. The van der Waals surface area contributed by atoms with Crippen LogP contribution in [-0.2, 0) is 24.1 Å². The zero-order valence-corrected chi connectivity index (χ0v) is 25.1. The van der Waals surface area contributed by atoms with Crippen molar-refractivity contribution in [2.45, 2.75) is 46.0 Å². The number of carbonyl (C=O) groups is 2. The number of anilines is 1. The summed E-state index contributed by atoms with van der Waals surface area (Å²) in [5, 5.41) is 17.9. The summed E-state index contributed by atoms with van der Waals surface area (Å²) >= 11 is 1.67. The van der Waals surface area contributed by atoms with Gasteiger partial charge in [-0.2, -0.15) is 5.26 Å². The van der Waals surface area contributed by atoms with Crippen LogP contribution in [0.1, 0.15) is 56.2 Å². The number of rotatable bonds is 8. The molecule has 0 fully saturated rings. The molecule has 1 aliphatic carbocycles. The normalized spacial score (nSPS) is 13.0. The van der Waals surface area contributed by atoms with Crippen molar-refractivity contribution >= 4 is 45.8 Å². The first kappa shape index (κ1) is 28.3. The third-order valence-electron chi connectivity index (χ3n) is 8.10. The molecule has 3 aromatic heterocycles. The predicted molar refractivity (Wildman–Crippen MR) is 173 cm³/mol. The van der Waals surface area contributed by atoms with E-state index >= 15 is 0 Å². The Morgan fingerprint density at radius 1 is 1.07 bits per heavy atom. The van der Waals surface area contributed by atoms with E-state index in [2.05, 4.69) is 32.3 Å². The third kappa shape index (κ3) is 5.64. The predicted octanol–water partition coefficient (Wildman–Crippen LogP) is 7.03. The van der Waals surface area contributed by atoms with Crippen LogP contribution >= 0.6 is 11.3 Å². The molecule has 0 bridgehead atoms. The highest BCUT2D eigenvalue weighted by atomic mass is 32.1. The summed E-state index contributed by atoms with van der Waals surface area (Å²) in [6.07, 6.45) is 8.29. The number of aromatic nitrogens is 2. The lowest BCUT2D eigenvalue weighted by Crippen LogP contribution is -2.26. The highest BCUT2D eigenvalue weighted by Crippen LogP contribution is 2.39. The summed E-state index contributed by atoms with van der Waals surface area (Å²) in [4.78, 5) is 31.3. The molecule has 0 atom stereocenters. The van der Waals surface area contributed by atoms with Gasteiger partial charge in [0.15, 0.2) is 0 Å². The van der Waals surface area contributed by atoms with Crippen LogP contribution in [0.25, 0.3) is 22.0 Å². The second kappa shape index (κ2) is 12.2. The van der Waals surface area contributed by atoms with Gasteiger partial charge in [0.1, 0.15) is 16.6 Å². The summed E-state index contributed by atoms with van der Waals surface area (Å²) < 4.78 is 2.10. The molecule has 6 rings (SSSR count). The molecule has 3 N–H and O–H groups in total. The molecule has 2 aromatic carbocycles. The van der Waals surface area contributed by atoms with E-state index in [1.54, 1.807) is 17.4 Å². The lowest BCUT2D eigenvalue weighted by atomic mass is 9.95. The monoisotopic (exact) mass is 587 g/mol. The number of nitrogens with one attached hydrogen (secondary N) is 3. The molecule has 5 aromatic rings. The van der Waals surface area contributed by atoms with Crippen molar-refractivity contribution < 1.29 is 9.59 Å². The fourth-order valence-corrected chi connectivity index (χ4v) is 7.45. The van der Waals surface area contributed by atoms with E-state index in [0.717, 1.165) is 80.9 Å². The van der Waals surface area contributed by atoms with Crippen LogP contribution in [0, 0.1) is 25.2 Å². The average Bonchev–Trinajstić information content (AvgIpc) is 3.69. The van der Waals surface area contributed by atoms with E-state index in [4.69, 9.17) is 0 Å². The number of hydrogen-bond donors (Lipinski definition) is 3. The molecule has 0 radical (unpaired) electrons. The molecule has 0 aliphatic heterocycles. The molecular weight excluding hydrogens is 554 g/mol. The molecule has 0 saturated heterocycles. The fraction of sp³-hybridized carbons (Fsp3) is 0.229. The Morgan fingerprint density at radius 3 is 2.65 bits per heavy atom. The summed E-state index contributed by atoms with van der Waals surface area (Å²) in [5.41, 5.74) is 7.43.